The standard InChI is InChI=1S/C15H18N4.HI/c1-11-5-6-14(8-12(11)2)19-15(16)18-10-13-4-3-7-17-9-13;/h3-9H,10H2,1-2H3,(H3,16,18,19);1H. The Balaban J connectivity index is 0.00000200. The number of benzene rings is 1. The van der Waals surface area contributed by atoms with Gasteiger partial charge in [0.05, 0.1) is 6.54 Å². The molecule has 2 rings (SSSR count). The van der Waals surface area contributed by atoms with Crippen LogP contribution in [0.5, 0.6) is 0 Å². The molecular formula is C15H19IN4. The number of aromatic nitrogens is 1. The van der Waals surface area contributed by atoms with Gasteiger partial charge in [0.15, 0.2) is 5.96 Å². The van der Waals surface area contributed by atoms with Crippen molar-refractivity contribution >= 4 is 35.6 Å². The van der Waals surface area contributed by atoms with Crippen molar-refractivity contribution in [3.05, 3.63) is 59.4 Å². The highest BCUT2D eigenvalue weighted by Gasteiger charge is 1.98. The van der Waals surface area contributed by atoms with Gasteiger partial charge in [-0.25, -0.2) is 4.99 Å². The van der Waals surface area contributed by atoms with E-state index in [4.69, 9.17) is 5.73 Å². The average Bonchev–Trinajstić information content (AvgIpc) is 2.42. The number of nitrogens with two attached hydrogens (primary N) is 1. The van der Waals surface area contributed by atoms with Crippen LogP contribution in [0.25, 0.3) is 0 Å². The number of aryl methyl sites for hydroxylation is 2. The summed E-state index contributed by atoms with van der Waals surface area (Å²) in [6.45, 7) is 4.68. The molecule has 106 valence electrons. The summed E-state index contributed by atoms with van der Waals surface area (Å²) in [5.41, 5.74) is 10.3. The van der Waals surface area contributed by atoms with E-state index < -0.39 is 0 Å². The summed E-state index contributed by atoms with van der Waals surface area (Å²) < 4.78 is 0. The molecule has 0 saturated heterocycles. The normalized spacial score (nSPS) is 10.8. The van der Waals surface area contributed by atoms with Crippen molar-refractivity contribution in [2.24, 2.45) is 10.7 Å². The lowest BCUT2D eigenvalue weighted by Crippen LogP contribution is -2.22. The van der Waals surface area contributed by atoms with E-state index in [-0.39, 0.29) is 24.0 Å². The van der Waals surface area contributed by atoms with Crippen molar-refractivity contribution in [3.8, 4) is 0 Å². The van der Waals surface area contributed by atoms with Crippen LogP contribution >= 0.6 is 24.0 Å². The van der Waals surface area contributed by atoms with Gasteiger partial charge in [0.25, 0.3) is 0 Å². The van der Waals surface area contributed by atoms with Gasteiger partial charge in [-0.1, -0.05) is 12.1 Å². The van der Waals surface area contributed by atoms with Crippen molar-refractivity contribution in [2.75, 3.05) is 5.32 Å². The predicted octanol–water partition coefficient (Wildman–Crippen LogP) is 3.24. The third kappa shape index (κ3) is 4.80. The van der Waals surface area contributed by atoms with Crippen LogP contribution in [0.1, 0.15) is 16.7 Å². The summed E-state index contributed by atoms with van der Waals surface area (Å²) in [6.07, 6.45) is 3.52. The predicted molar refractivity (Wildman–Crippen MR) is 94.5 cm³/mol. The number of hydrogen-bond acceptors (Lipinski definition) is 2. The van der Waals surface area contributed by atoms with Crippen molar-refractivity contribution in [1.29, 1.82) is 0 Å². The minimum absolute atomic E-state index is 0. The average molecular weight is 382 g/mol. The first-order valence-corrected chi connectivity index (χ1v) is 6.18. The van der Waals surface area contributed by atoms with Gasteiger partial charge in [0, 0.05) is 18.1 Å². The number of halogens is 1. The molecule has 0 aliphatic rings. The maximum atomic E-state index is 5.86. The zero-order valence-corrected chi connectivity index (χ0v) is 14.0. The number of anilines is 1. The molecule has 0 bridgehead atoms. The second kappa shape index (κ2) is 7.84. The number of guanidine groups is 1. The molecular weight excluding hydrogens is 363 g/mol. The number of nitrogens with one attached hydrogen (secondary N) is 1. The molecule has 2 aromatic rings. The first kappa shape index (κ1) is 16.4. The van der Waals surface area contributed by atoms with Gasteiger partial charge in [0.1, 0.15) is 0 Å². The number of pyridine rings is 1. The molecule has 4 nitrogen and oxygen atoms in total. The Kier molecular flexibility index (Phi) is 6.44. The van der Waals surface area contributed by atoms with Gasteiger partial charge in [-0.15, -0.1) is 24.0 Å². The van der Waals surface area contributed by atoms with Gasteiger partial charge < -0.3 is 11.1 Å². The van der Waals surface area contributed by atoms with Crippen molar-refractivity contribution in [2.45, 2.75) is 20.4 Å². The molecule has 0 saturated carbocycles. The highest BCUT2D eigenvalue weighted by atomic mass is 127. The van der Waals surface area contributed by atoms with Crippen LogP contribution in [0.15, 0.2) is 47.7 Å². The Morgan fingerprint density at radius 3 is 2.70 bits per heavy atom. The second-order valence-electron chi connectivity index (χ2n) is 4.49. The maximum Gasteiger partial charge on any atom is 0.193 e. The Morgan fingerprint density at radius 1 is 1.25 bits per heavy atom. The third-order valence-corrected chi connectivity index (χ3v) is 2.93. The quantitative estimate of drug-likeness (QED) is 0.487. The fourth-order valence-corrected chi connectivity index (χ4v) is 1.67. The van der Waals surface area contributed by atoms with Crippen molar-refractivity contribution in [3.63, 3.8) is 0 Å². The molecule has 20 heavy (non-hydrogen) atoms. The molecule has 0 unspecified atom stereocenters. The minimum atomic E-state index is 0. The van der Waals surface area contributed by atoms with E-state index in [1.807, 2.05) is 18.2 Å². The Bertz CT molecular complexity index is 582. The molecule has 0 spiro atoms. The van der Waals surface area contributed by atoms with E-state index in [0.29, 0.717) is 12.5 Å². The molecule has 1 aromatic carbocycles. The first-order valence-electron chi connectivity index (χ1n) is 6.18. The molecule has 3 N–H and O–H groups in total. The number of hydrogen-bond donors (Lipinski definition) is 2. The van der Waals surface area contributed by atoms with Crippen LogP contribution in [0, 0.1) is 13.8 Å². The van der Waals surface area contributed by atoms with Crippen LogP contribution in [0.4, 0.5) is 5.69 Å². The summed E-state index contributed by atoms with van der Waals surface area (Å²) in [5, 5.41) is 3.09. The van der Waals surface area contributed by atoms with E-state index in [9.17, 15) is 0 Å². The summed E-state index contributed by atoms with van der Waals surface area (Å²) >= 11 is 0. The van der Waals surface area contributed by atoms with Crippen molar-refractivity contribution in [1.82, 2.24) is 4.98 Å². The lowest BCUT2D eigenvalue weighted by Gasteiger charge is -2.08. The highest BCUT2D eigenvalue weighted by Crippen LogP contribution is 2.13. The van der Waals surface area contributed by atoms with Gasteiger partial charge in [0.2, 0.25) is 0 Å². The van der Waals surface area contributed by atoms with Crippen molar-refractivity contribution < 1.29 is 0 Å². The monoisotopic (exact) mass is 382 g/mol. The Morgan fingerprint density at radius 2 is 2.05 bits per heavy atom. The SMILES string of the molecule is Cc1ccc(NC(N)=NCc2cccnc2)cc1C.I. The molecule has 1 heterocycles. The fourth-order valence-electron chi connectivity index (χ4n) is 1.67. The van der Waals surface area contributed by atoms with Gasteiger partial charge >= 0.3 is 0 Å². The lowest BCUT2D eigenvalue weighted by molar-refractivity contribution is 1.04. The summed E-state index contributed by atoms with van der Waals surface area (Å²) in [6, 6.07) is 9.97. The molecule has 0 radical (unpaired) electrons. The van der Waals surface area contributed by atoms with Crippen LogP contribution in [-0.2, 0) is 6.54 Å². The van der Waals surface area contributed by atoms with E-state index >= 15 is 0 Å². The molecule has 0 fully saturated rings. The van der Waals surface area contributed by atoms with E-state index in [2.05, 4.69) is 41.3 Å². The molecule has 0 amide bonds. The summed E-state index contributed by atoms with van der Waals surface area (Å²) in [4.78, 5) is 8.32. The van der Waals surface area contributed by atoms with Gasteiger partial charge in [-0.2, -0.15) is 0 Å². The van der Waals surface area contributed by atoms with Crippen LogP contribution < -0.4 is 11.1 Å². The van der Waals surface area contributed by atoms with Gasteiger partial charge in [-0.3, -0.25) is 4.98 Å². The fraction of sp³-hybridized carbons (Fsp3) is 0.200. The van der Waals surface area contributed by atoms with Crippen LogP contribution in [0.2, 0.25) is 0 Å². The first-order chi connectivity index (χ1) is 9.15. The van der Waals surface area contributed by atoms with Crippen LogP contribution in [-0.4, -0.2) is 10.9 Å². The molecule has 0 atom stereocenters. The molecule has 5 heteroatoms. The highest BCUT2D eigenvalue weighted by molar-refractivity contribution is 14.0. The number of aliphatic imine (C=N–C) groups is 1. The molecule has 0 aliphatic carbocycles. The second-order valence-corrected chi connectivity index (χ2v) is 4.49. The van der Waals surface area contributed by atoms with Gasteiger partial charge in [-0.05, 0) is 48.7 Å². The third-order valence-electron chi connectivity index (χ3n) is 2.93. The number of nitrogens with zero attached hydrogens (tertiary/aromatic N) is 2. The smallest absolute Gasteiger partial charge is 0.193 e. The van der Waals surface area contributed by atoms with E-state index in [0.717, 1.165) is 11.3 Å². The Hall–Kier alpha value is -1.63. The molecule has 0 aliphatic heterocycles. The zero-order valence-electron chi connectivity index (χ0n) is 11.6. The largest absolute Gasteiger partial charge is 0.370 e. The topological polar surface area (TPSA) is 63.3 Å². The molecule has 1 aromatic heterocycles. The summed E-state index contributed by atoms with van der Waals surface area (Å²) in [7, 11) is 0. The minimum Gasteiger partial charge on any atom is -0.370 e. The maximum absolute atomic E-state index is 5.86. The van der Waals surface area contributed by atoms with E-state index in [1.54, 1.807) is 12.4 Å². The Labute approximate surface area is 136 Å². The zero-order chi connectivity index (χ0) is 13.7. The van der Waals surface area contributed by atoms with E-state index in [1.165, 1.54) is 11.1 Å². The van der Waals surface area contributed by atoms with Crippen LogP contribution in [0.3, 0.4) is 0 Å². The lowest BCUT2D eigenvalue weighted by atomic mass is 10.1. The number of rotatable bonds is 3. The summed E-state index contributed by atoms with van der Waals surface area (Å²) in [5.74, 6) is 0.409.